The standard InChI is InChI=1S/C18H29NO6S/c1-10-6-4-5-7-18(3)13(25-15(10)14(21)16(18)22)9-26-8-12(17(23)24)19-11(2)20/h12-14,16,21-22H,4-9H2,1-3H3,(H,19,20)(H,23,24)/b15-10-. The molecule has 26 heavy (non-hydrogen) atoms. The summed E-state index contributed by atoms with van der Waals surface area (Å²) in [5.41, 5.74) is 0.352. The summed E-state index contributed by atoms with van der Waals surface area (Å²) in [5.74, 6) is -0.326. The van der Waals surface area contributed by atoms with Crippen LogP contribution in [0.5, 0.6) is 0 Å². The molecule has 1 aliphatic carbocycles. The average Bonchev–Trinajstić information content (AvgIpc) is 2.64. The number of carboxylic acid groups (broad SMARTS) is 1. The maximum Gasteiger partial charge on any atom is 0.327 e. The van der Waals surface area contributed by atoms with Gasteiger partial charge in [0.1, 0.15) is 24.0 Å². The number of hydrogen-bond acceptors (Lipinski definition) is 6. The normalized spacial score (nSPS) is 35.7. The number of amides is 1. The van der Waals surface area contributed by atoms with Crippen LogP contribution in [0.3, 0.4) is 0 Å². The lowest BCUT2D eigenvalue weighted by atomic mass is 9.71. The summed E-state index contributed by atoms with van der Waals surface area (Å²) in [6, 6.07) is -0.963. The minimum absolute atomic E-state index is 0.210. The highest BCUT2D eigenvalue weighted by atomic mass is 32.2. The molecule has 2 heterocycles. The number of thioether (sulfide) groups is 1. The van der Waals surface area contributed by atoms with Crippen molar-refractivity contribution < 1.29 is 29.6 Å². The van der Waals surface area contributed by atoms with E-state index in [-0.39, 0.29) is 17.8 Å². The van der Waals surface area contributed by atoms with Crippen molar-refractivity contribution in [2.45, 2.75) is 70.8 Å². The second-order valence-corrected chi connectivity index (χ2v) is 8.56. The van der Waals surface area contributed by atoms with Gasteiger partial charge in [-0.25, -0.2) is 4.79 Å². The molecule has 0 aromatic carbocycles. The number of allylic oxidation sites excluding steroid dienone is 1. The molecule has 2 bridgehead atoms. The maximum absolute atomic E-state index is 11.3. The van der Waals surface area contributed by atoms with E-state index in [1.165, 1.54) is 18.7 Å². The van der Waals surface area contributed by atoms with Crippen LogP contribution in [0, 0.1) is 5.41 Å². The average molecular weight is 387 g/mol. The summed E-state index contributed by atoms with van der Waals surface area (Å²) in [5, 5.41) is 32.8. The largest absolute Gasteiger partial charge is 0.490 e. The summed E-state index contributed by atoms with van der Waals surface area (Å²) in [6.45, 7) is 5.13. The number of aliphatic carboxylic acids is 1. The molecule has 7 nitrogen and oxygen atoms in total. The number of ether oxygens (including phenoxy) is 1. The molecule has 3 aliphatic rings. The molecule has 0 saturated carbocycles. The van der Waals surface area contributed by atoms with Gasteiger partial charge < -0.3 is 25.4 Å². The number of hydrogen-bond donors (Lipinski definition) is 4. The van der Waals surface area contributed by atoms with E-state index in [2.05, 4.69) is 5.32 Å². The van der Waals surface area contributed by atoms with Gasteiger partial charge in [0.15, 0.2) is 0 Å². The number of carbonyl (C=O) groups is 2. The fraction of sp³-hybridized carbons (Fsp3) is 0.778. The van der Waals surface area contributed by atoms with Gasteiger partial charge in [-0.2, -0.15) is 11.8 Å². The minimum atomic E-state index is -1.08. The van der Waals surface area contributed by atoms with E-state index >= 15 is 0 Å². The van der Waals surface area contributed by atoms with Crippen LogP contribution in [0.15, 0.2) is 11.3 Å². The summed E-state index contributed by atoms with van der Waals surface area (Å²) < 4.78 is 6.11. The summed E-state index contributed by atoms with van der Waals surface area (Å²) in [7, 11) is 0. The number of aliphatic hydroxyl groups is 2. The molecular formula is C18H29NO6S. The van der Waals surface area contributed by atoms with E-state index in [4.69, 9.17) is 4.74 Å². The van der Waals surface area contributed by atoms with Gasteiger partial charge in [-0.3, -0.25) is 4.79 Å². The van der Waals surface area contributed by atoms with Gasteiger partial charge in [0.2, 0.25) is 5.91 Å². The van der Waals surface area contributed by atoms with Gasteiger partial charge in [-0.1, -0.05) is 13.3 Å². The highest BCUT2D eigenvalue weighted by Crippen LogP contribution is 2.46. The number of aliphatic hydroxyl groups excluding tert-OH is 2. The Morgan fingerprint density at radius 2 is 2.08 bits per heavy atom. The Hall–Kier alpha value is -1.25. The Morgan fingerprint density at radius 1 is 1.38 bits per heavy atom. The van der Waals surface area contributed by atoms with Crippen molar-refractivity contribution in [3.8, 4) is 0 Å². The van der Waals surface area contributed by atoms with Crippen LogP contribution in [-0.4, -0.2) is 63.1 Å². The summed E-state index contributed by atoms with van der Waals surface area (Å²) in [6.07, 6.45) is 1.20. The molecule has 0 aromatic rings. The van der Waals surface area contributed by atoms with Crippen LogP contribution in [0.1, 0.15) is 46.5 Å². The van der Waals surface area contributed by atoms with Crippen LogP contribution >= 0.6 is 11.8 Å². The van der Waals surface area contributed by atoms with Crippen molar-refractivity contribution in [3.05, 3.63) is 11.3 Å². The van der Waals surface area contributed by atoms with Crippen molar-refractivity contribution in [2.75, 3.05) is 11.5 Å². The van der Waals surface area contributed by atoms with Gasteiger partial charge in [-0.15, -0.1) is 0 Å². The molecule has 3 rings (SSSR count). The van der Waals surface area contributed by atoms with Crippen molar-refractivity contribution in [3.63, 3.8) is 0 Å². The molecule has 5 atom stereocenters. The number of rotatable bonds is 6. The van der Waals surface area contributed by atoms with Crippen LogP contribution in [0.4, 0.5) is 0 Å². The van der Waals surface area contributed by atoms with Crippen molar-refractivity contribution >= 4 is 23.6 Å². The monoisotopic (exact) mass is 387 g/mol. The zero-order chi connectivity index (χ0) is 19.5. The molecule has 4 N–H and O–H groups in total. The van der Waals surface area contributed by atoms with Crippen LogP contribution in [0.25, 0.3) is 0 Å². The van der Waals surface area contributed by atoms with E-state index in [1.54, 1.807) is 0 Å². The quantitative estimate of drug-likeness (QED) is 0.542. The first-order chi connectivity index (χ1) is 12.2. The SMILES string of the molecule is CC(=O)NC(CSCC1O/C2=C(/C)CCCCC1(C)C(O)C2O)C(=O)O. The molecule has 0 aromatic heterocycles. The molecule has 0 radical (unpaired) electrons. The minimum Gasteiger partial charge on any atom is -0.490 e. The number of fused-ring (bicyclic) bond motifs is 6. The molecule has 1 amide bonds. The first-order valence-corrected chi connectivity index (χ1v) is 10.1. The van der Waals surface area contributed by atoms with E-state index in [0.717, 1.165) is 31.3 Å². The maximum atomic E-state index is 11.3. The lowest BCUT2D eigenvalue weighted by molar-refractivity contribution is -0.162. The topological polar surface area (TPSA) is 116 Å². The Morgan fingerprint density at radius 3 is 2.69 bits per heavy atom. The molecule has 148 valence electrons. The first kappa shape index (κ1) is 21.1. The third kappa shape index (κ3) is 4.53. The Kier molecular flexibility index (Phi) is 6.99. The van der Waals surface area contributed by atoms with E-state index in [9.17, 15) is 24.9 Å². The van der Waals surface area contributed by atoms with Crippen molar-refractivity contribution in [2.24, 2.45) is 5.41 Å². The molecule has 1 saturated heterocycles. The van der Waals surface area contributed by atoms with Gasteiger partial charge in [0, 0.05) is 23.8 Å². The predicted octanol–water partition coefficient (Wildman–Crippen LogP) is 1.28. The van der Waals surface area contributed by atoms with Gasteiger partial charge in [0.05, 0.1) is 6.10 Å². The molecule has 2 aliphatic heterocycles. The molecule has 8 heteroatoms. The molecular weight excluding hydrogens is 358 g/mol. The Bertz CT molecular complexity index is 580. The highest BCUT2D eigenvalue weighted by molar-refractivity contribution is 7.99. The van der Waals surface area contributed by atoms with Gasteiger partial charge >= 0.3 is 5.97 Å². The first-order valence-electron chi connectivity index (χ1n) is 8.97. The number of carboxylic acids is 1. The number of nitrogens with one attached hydrogen (secondary N) is 1. The van der Waals surface area contributed by atoms with E-state index < -0.39 is 29.6 Å². The predicted molar refractivity (Wildman–Crippen MR) is 98.7 cm³/mol. The van der Waals surface area contributed by atoms with Crippen LogP contribution < -0.4 is 5.32 Å². The van der Waals surface area contributed by atoms with E-state index in [0.29, 0.717) is 11.5 Å². The zero-order valence-corrected chi connectivity index (χ0v) is 16.3. The summed E-state index contributed by atoms with van der Waals surface area (Å²) >= 11 is 1.37. The fourth-order valence-electron chi connectivity index (χ4n) is 3.67. The van der Waals surface area contributed by atoms with Crippen LogP contribution in [0.2, 0.25) is 0 Å². The Labute approximate surface area is 158 Å². The molecule has 1 fully saturated rings. The second-order valence-electron chi connectivity index (χ2n) is 7.48. The van der Waals surface area contributed by atoms with Crippen molar-refractivity contribution in [1.82, 2.24) is 5.32 Å². The van der Waals surface area contributed by atoms with E-state index in [1.807, 2.05) is 13.8 Å². The number of carbonyl (C=O) groups excluding carboxylic acids is 1. The third-order valence-corrected chi connectivity index (χ3v) is 6.52. The fourth-order valence-corrected chi connectivity index (χ4v) is 4.93. The zero-order valence-electron chi connectivity index (χ0n) is 15.5. The highest BCUT2D eigenvalue weighted by Gasteiger charge is 2.51. The Balaban J connectivity index is 2.11. The molecule has 5 unspecified atom stereocenters. The second kappa shape index (κ2) is 8.63. The summed E-state index contributed by atoms with van der Waals surface area (Å²) in [4.78, 5) is 22.4. The van der Waals surface area contributed by atoms with Crippen molar-refractivity contribution in [1.29, 1.82) is 0 Å². The lowest BCUT2D eigenvalue weighted by Gasteiger charge is -2.48. The van der Waals surface area contributed by atoms with Gasteiger partial charge in [-0.05, 0) is 31.8 Å². The van der Waals surface area contributed by atoms with Crippen LogP contribution in [-0.2, 0) is 14.3 Å². The lowest BCUT2D eigenvalue weighted by Crippen LogP contribution is -2.56. The molecule has 0 spiro atoms. The third-order valence-electron chi connectivity index (χ3n) is 5.42. The smallest absolute Gasteiger partial charge is 0.327 e. The van der Waals surface area contributed by atoms with Gasteiger partial charge in [0.25, 0.3) is 0 Å².